The second kappa shape index (κ2) is 6.39. The summed E-state index contributed by atoms with van der Waals surface area (Å²) in [6.07, 6.45) is 0. The number of hydrogen-bond acceptors (Lipinski definition) is 3. The Morgan fingerprint density at radius 2 is 2.06 bits per heavy atom. The van der Waals surface area contributed by atoms with Gasteiger partial charge in [-0.1, -0.05) is 23.8 Å². The molecule has 17 heavy (non-hydrogen) atoms. The number of likely N-dealkylation sites (N-methyl/N-ethyl adjacent to an activating group) is 1. The summed E-state index contributed by atoms with van der Waals surface area (Å²) >= 11 is 0. The van der Waals surface area contributed by atoms with Gasteiger partial charge in [0.2, 0.25) is 0 Å². The van der Waals surface area contributed by atoms with Crippen LogP contribution >= 0.6 is 0 Å². The molecule has 0 aliphatic heterocycles. The number of nitrogens with one attached hydrogen (secondary N) is 1. The van der Waals surface area contributed by atoms with Crippen molar-refractivity contribution >= 4 is 0 Å². The van der Waals surface area contributed by atoms with Gasteiger partial charge in [0.05, 0.1) is 6.07 Å². The number of benzene rings is 1. The van der Waals surface area contributed by atoms with Crippen LogP contribution in [0.4, 0.5) is 0 Å². The highest BCUT2D eigenvalue weighted by Gasteiger charge is 2.12. The summed E-state index contributed by atoms with van der Waals surface area (Å²) in [5.74, 6) is 0. The lowest BCUT2D eigenvalue weighted by Crippen LogP contribution is -2.29. The quantitative estimate of drug-likeness (QED) is 0.842. The molecule has 0 heterocycles. The van der Waals surface area contributed by atoms with Crippen molar-refractivity contribution in [2.45, 2.75) is 19.9 Å². The maximum absolute atomic E-state index is 9.23. The summed E-state index contributed by atoms with van der Waals surface area (Å²) in [6.45, 7) is 5.85. The number of nitriles is 1. The highest BCUT2D eigenvalue weighted by Crippen LogP contribution is 2.18. The van der Waals surface area contributed by atoms with Gasteiger partial charge in [0, 0.05) is 13.1 Å². The molecule has 1 atom stereocenters. The van der Waals surface area contributed by atoms with Crippen molar-refractivity contribution in [1.29, 1.82) is 5.26 Å². The maximum Gasteiger partial charge on any atom is 0.121 e. The van der Waals surface area contributed by atoms with E-state index in [2.05, 4.69) is 41.4 Å². The molecule has 0 saturated carbocycles. The largest absolute Gasteiger partial charge is 0.308 e. The number of nitrogens with zero attached hydrogens (tertiary/aromatic N) is 2. The lowest BCUT2D eigenvalue weighted by Gasteiger charge is -2.16. The van der Waals surface area contributed by atoms with Crippen LogP contribution in [0.15, 0.2) is 18.2 Å². The summed E-state index contributed by atoms with van der Waals surface area (Å²) in [5.41, 5.74) is 3.45. The molecular formula is C14H21N3. The standard InChI is InChI=1S/C14H21N3/c1-11-5-6-12(2)13(9-11)14(10-15)16-7-8-17(3)4/h5-6,9,14,16H,7-8H2,1-4H3. The third-order valence-corrected chi connectivity index (χ3v) is 2.78. The Kier molecular flexibility index (Phi) is 5.14. The van der Waals surface area contributed by atoms with E-state index in [9.17, 15) is 5.26 Å². The molecular weight excluding hydrogens is 210 g/mol. The summed E-state index contributed by atoms with van der Waals surface area (Å²) in [4.78, 5) is 2.10. The number of rotatable bonds is 5. The molecule has 0 aliphatic rings. The number of hydrogen-bond donors (Lipinski definition) is 1. The zero-order chi connectivity index (χ0) is 12.8. The minimum atomic E-state index is -0.213. The highest BCUT2D eigenvalue weighted by atomic mass is 15.1. The minimum Gasteiger partial charge on any atom is -0.308 e. The maximum atomic E-state index is 9.23. The normalized spacial score (nSPS) is 12.5. The Bertz CT molecular complexity index is 404. The third-order valence-electron chi connectivity index (χ3n) is 2.78. The van der Waals surface area contributed by atoms with Gasteiger partial charge in [-0.3, -0.25) is 5.32 Å². The van der Waals surface area contributed by atoms with E-state index >= 15 is 0 Å². The van der Waals surface area contributed by atoms with Crippen LogP contribution in [0.25, 0.3) is 0 Å². The molecule has 92 valence electrons. The van der Waals surface area contributed by atoms with Crippen LogP contribution in [0, 0.1) is 25.2 Å². The molecule has 1 rings (SSSR count). The minimum absolute atomic E-state index is 0.213. The molecule has 1 unspecified atom stereocenters. The molecule has 0 saturated heterocycles. The predicted molar refractivity (Wildman–Crippen MR) is 70.8 cm³/mol. The van der Waals surface area contributed by atoms with E-state index in [1.807, 2.05) is 21.0 Å². The number of aryl methyl sites for hydroxylation is 2. The first-order valence-corrected chi connectivity index (χ1v) is 5.89. The van der Waals surface area contributed by atoms with Crippen molar-refractivity contribution in [3.8, 4) is 6.07 Å². The summed E-state index contributed by atoms with van der Waals surface area (Å²) < 4.78 is 0. The van der Waals surface area contributed by atoms with E-state index in [1.165, 1.54) is 11.1 Å². The highest BCUT2D eigenvalue weighted by molar-refractivity contribution is 5.35. The van der Waals surface area contributed by atoms with Crippen molar-refractivity contribution in [3.63, 3.8) is 0 Å². The Morgan fingerprint density at radius 1 is 1.35 bits per heavy atom. The van der Waals surface area contributed by atoms with E-state index < -0.39 is 0 Å². The second-order valence-electron chi connectivity index (χ2n) is 4.68. The van der Waals surface area contributed by atoms with E-state index in [4.69, 9.17) is 0 Å². The van der Waals surface area contributed by atoms with Gasteiger partial charge in [0.1, 0.15) is 6.04 Å². The fraction of sp³-hybridized carbons (Fsp3) is 0.500. The van der Waals surface area contributed by atoms with E-state index in [0.717, 1.165) is 18.7 Å². The molecule has 0 spiro atoms. The fourth-order valence-corrected chi connectivity index (χ4v) is 1.73. The van der Waals surface area contributed by atoms with Gasteiger partial charge in [-0.05, 0) is 39.1 Å². The molecule has 3 heteroatoms. The van der Waals surface area contributed by atoms with Crippen molar-refractivity contribution in [2.75, 3.05) is 27.2 Å². The van der Waals surface area contributed by atoms with Gasteiger partial charge in [0.15, 0.2) is 0 Å². The average molecular weight is 231 g/mol. The lowest BCUT2D eigenvalue weighted by atomic mass is 10.00. The van der Waals surface area contributed by atoms with Gasteiger partial charge in [0.25, 0.3) is 0 Å². The van der Waals surface area contributed by atoms with Gasteiger partial charge >= 0.3 is 0 Å². The second-order valence-corrected chi connectivity index (χ2v) is 4.68. The fourth-order valence-electron chi connectivity index (χ4n) is 1.73. The van der Waals surface area contributed by atoms with Crippen LogP contribution in [0.1, 0.15) is 22.7 Å². The molecule has 0 radical (unpaired) electrons. The Hall–Kier alpha value is -1.37. The summed E-state index contributed by atoms with van der Waals surface area (Å²) in [7, 11) is 4.06. The molecule has 1 aromatic carbocycles. The SMILES string of the molecule is Cc1ccc(C)c(C(C#N)NCCN(C)C)c1. The first-order chi connectivity index (χ1) is 8.04. The summed E-state index contributed by atoms with van der Waals surface area (Å²) in [5, 5.41) is 12.5. The lowest BCUT2D eigenvalue weighted by molar-refractivity contribution is 0.395. The van der Waals surface area contributed by atoms with Crippen LogP contribution in [-0.2, 0) is 0 Å². The van der Waals surface area contributed by atoms with Gasteiger partial charge in [-0.2, -0.15) is 5.26 Å². The van der Waals surface area contributed by atoms with Gasteiger partial charge < -0.3 is 4.90 Å². The third kappa shape index (κ3) is 4.18. The van der Waals surface area contributed by atoms with Crippen molar-refractivity contribution in [2.24, 2.45) is 0 Å². The van der Waals surface area contributed by atoms with Crippen LogP contribution < -0.4 is 5.32 Å². The Balaban J connectivity index is 2.73. The van der Waals surface area contributed by atoms with Gasteiger partial charge in [-0.25, -0.2) is 0 Å². The first kappa shape index (κ1) is 13.7. The first-order valence-electron chi connectivity index (χ1n) is 5.89. The zero-order valence-electron chi connectivity index (χ0n) is 11.1. The molecule has 0 amide bonds. The monoisotopic (exact) mass is 231 g/mol. The van der Waals surface area contributed by atoms with Crippen LogP contribution in [-0.4, -0.2) is 32.1 Å². The molecule has 1 N–H and O–H groups in total. The molecule has 3 nitrogen and oxygen atoms in total. The summed E-state index contributed by atoms with van der Waals surface area (Å²) in [6, 6.07) is 8.36. The van der Waals surface area contributed by atoms with Crippen LogP contribution in [0.3, 0.4) is 0 Å². The molecule has 0 fully saturated rings. The van der Waals surface area contributed by atoms with E-state index in [-0.39, 0.29) is 6.04 Å². The van der Waals surface area contributed by atoms with Gasteiger partial charge in [-0.15, -0.1) is 0 Å². The van der Waals surface area contributed by atoms with Crippen molar-refractivity contribution in [1.82, 2.24) is 10.2 Å². The molecule has 0 aromatic heterocycles. The average Bonchev–Trinajstić information content (AvgIpc) is 2.28. The van der Waals surface area contributed by atoms with Crippen LogP contribution in [0.5, 0.6) is 0 Å². The molecule has 0 aliphatic carbocycles. The molecule has 0 bridgehead atoms. The van der Waals surface area contributed by atoms with Crippen LogP contribution in [0.2, 0.25) is 0 Å². The van der Waals surface area contributed by atoms with Crippen molar-refractivity contribution < 1.29 is 0 Å². The Morgan fingerprint density at radius 3 is 2.65 bits per heavy atom. The van der Waals surface area contributed by atoms with Crippen molar-refractivity contribution in [3.05, 3.63) is 34.9 Å². The smallest absolute Gasteiger partial charge is 0.121 e. The molecule has 1 aromatic rings. The van der Waals surface area contributed by atoms with E-state index in [1.54, 1.807) is 0 Å². The zero-order valence-corrected chi connectivity index (χ0v) is 11.1. The predicted octanol–water partition coefficient (Wildman–Crippen LogP) is 2.02. The topological polar surface area (TPSA) is 39.1 Å². The Labute approximate surface area is 104 Å². The van der Waals surface area contributed by atoms with E-state index in [0.29, 0.717) is 0 Å².